The van der Waals surface area contributed by atoms with Crippen LogP contribution in [0, 0.1) is 5.82 Å². The molecular formula is C14H10FNO5. The number of nitrogens with zero attached hydrogens (tertiary/aromatic N) is 1. The molecule has 1 aliphatic rings. The number of halogens is 1. The summed E-state index contributed by atoms with van der Waals surface area (Å²) in [7, 11) is 0. The number of anilines is 1. The van der Waals surface area contributed by atoms with Crippen molar-refractivity contribution in [3.63, 3.8) is 0 Å². The van der Waals surface area contributed by atoms with Crippen LogP contribution in [0.1, 0.15) is 22.2 Å². The van der Waals surface area contributed by atoms with Gasteiger partial charge in [-0.05, 0) is 24.3 Å². The van der Waals surface area contributed by atoms with Crippen molar-refractivity contribution < 1.29 is 29.0 Å². The number of carboxylic acids is 1. The quantitative estimate of drug-likeness (QED) is 0.877. The highest BCUT2D eigenvalue weighted by Gasteiger charge is 2.31. The van der Waals surface area contributed by atoms with Gasteiger partial charge in [-0.1, -0.05) is 34.5 Å². The lowest BCUT2D eigenvalue weighted by atomic mass is 10.2. The van der Waals surface area contributed by atoms with Gasteiger partial charge in [-0.3, -0.25) is 0 Å². The Kier molecular flexibility index (Phi) is 3.53. The Bertz CT molecular complexity index is 678. The second-order valence-corrected chi connectivity index (χ2v) is 4.24. The summed E-state index contributed by atoms with van der Waals surface area (Å²) < 4.78 is 13.6. The molecule has 108 valence electrons. The highest BCUT2D eigenvalue weighted by atomic mass is 19.1. The second-order valence-electron chi connectivity index (χ2n) is 4.24. The molecule has 0 aromatic heterocycles. The molecule has 0 radical (unpaired) electrons. The zero-order chi connectivity index (χ0) is 14.8. The number of aromatic carboxylic acids is 1. The summed E-state index contributed by atoms with van der Waals surface area (Å²) in [6.07, 6.45) is -1.07. The van der Waals surface area contributed by atoms with Gasteiger partial charge >= 0.3 is 5.97 Å². The Hall–Kier alpha value is -2.48. The van der Waals surface area contributed by atoms with Crippen LogP contribution in [0.15, 0.2) is 48.5 Å². The van der Waals surface area contributed by atoms with Crippen LogP contribution in [0.25, 0.3) is 0 Å². The summed E-state index contributed by atoms with van der Waals surface area (Å²) in [5.74, 6) is -1.57. The lowest BCUT2D eigenvalue weighted by Crippen LogP contribution is -2.15. The molecular weight excluding hydrogens is 281 g/mol. The molecule has 7 heteroatoms. The molecule has 0 saturated carbocycles. The minimum Gasteiger partial charge on any atom is -0.478 e. The van der Waals surface area contributed by atoms with Gasteiger partial charge in [0.1, 0.15) is 5.82 Å². The van der Waals surface area contributed by atoms with Gasteiger partial charge in [-0.15, -0.1) is 0 Å². The van der Waals surface area contributed by atoms with E-state index in [1.807, 2.05) is 0 Å². The fourth-order valence-electron chi connectivity index (χ4n) is 1.83. The first kappa shape index (κ1) is 13.5. The molecule has 1 aliphatic heterocycles. The van der Waals surface area contributed by atoms with Gasteiger partial charge in [0, 0.05) is 5.56 Å². The molecule has 6 nitrogen and oxygen atoms in total. The van der Waals surface area contributed by atoms with Gasteiger partial charge in [0.15, 0.2) is 0 Å². The smallest absolute Gasteiger partial charge is 0.335 e. The molecule has 1 N–H and O–H groups in total. The first-order chi connectivity index (χ1) is 10.1. The van der Waals surface area contributed by atoms with Crippen molar-refractivity contribution in [2.45, 2.75) is 6.29 Å². The lowest BCUT2D eigenvalue weighted by Gasteiger charge is -2.12. The molecule has 1 heterocycles. The normalized spacial score (nSPS) is 18.0. The summed E-state index contributed by atoms with van der Waals surface area (Å²) in [6, 6.07) is 11.8. The fourth-order valence-corrected chi connectivity index (χ4v) is 1.83. The molecule has 0 bridgehead atoms. The summed E-state index contributed by atoms with van der Waals surface area (Å²) in [5.41, 5.74) is 0.553. The highest BCUT2D eigenvalue weighted by molar-refractivity contribution is 5.88. The Balaban J connectivity index is 1.80. The first-order valence-electron chi connectivity index (χ1n) is 6.03. The molecule has 2 aromatic rings. The van der Waals surface area contributed by atoms with E-state index in [0.717, 1.165) is 5.23 Å². The Labute approximate surface area is 118 Å². The van der Waals surface area contributed by atoms with Crippen LogP contribution in [0.2, 0.25) is 0 Å². The van der Waals surface area contributed by atoms with Gasteiger partial charge in [0.05, 0.1) is 11.3 Å². The predicted octanol–water partition coefficient (Wildman–Crippen LogP) is 2.84. The van der Waals surface area contributed by atoms with Crippen LogP contribution in [-0.2, 0) is 14.7 Å². The van der Waals surface area contributed by atoms with Crippen molar-refractivity contribution in [3.05, 3.63) is 65.5 Å². The summed E-state index contributed by atoms with van der Waals surface area (Å²) >= 11 is 0. The summed E-state index contributed by atoms with van der Waals surface area (Å²) in [4.78, 5) is 26.0. The van der Waals surface area contributed by atoms with Crippen LogP contribution in [0.3, 0.4) is 0 Å². The van der Waals surface area contributed by atoms with Gasteiger partial charge in [0.25, 0.3) is 0 Å². The minimum atomic E-state index is -1.08. The molecule has 21 heavy (non-hydrogen) atoms. The predicted molar refractivity (Wildman–Crippen MR) is 68.3 cm³/mol. The van der Waals surface area contributed by atoms with Crippen molar-refractivity contribution in [3.8, 4) is 0 Å². The number of carbonyl (C=O) groups is 1. The van der Waals surface area contributed by atoms with Crippen LogP contribution in [-0.4, -0.2) is 11.1 Å². The number of carboxylic acid groups (broad SMARTS) is 1. The monoisotopic (exact) mass is 291 g/mol. The van der Waals surface area contributed by atoms with Crippen LogP contribution in [0.4, 0.5) is 10.1 Å². The molecule has 2 aromatic carbocycles. The molecule has 3 rings (SSSR count). The van der Waals surface area contributed by atoms with E-state index in [1.165, 1.54) is 30.3 Å². The third-order valence-electron chi connectivity index (χ3n) is 2.85. The van der Waals surface area contributed by atoms with Crippen molar-refractivity contribution >= 4 is 11.7 Å². The van der Waals surface area contributed by atoms with E-state index in [2.05, 4.69) is 0 Å². The fraction of sp³-hybridized carbons (Fsp3) is 0.0714. The molecule has 1 saturated heterocycles. The average Bonchev–Trinajstić information content (AvgIpc) is 2.97. The van der Waals surface area contributed by atoms with Crippen molar-refractivity contribution in [2.24, 2.45) is 0 Å². The van der Waals surface area contributed by atoms with E-state index < -0.39 is 18.1 Å². The standard InChI is InChI=1S/C14H10FNO5/c15-12-7-2-1-6-11(12)14-19-16(21-20-14)10-5-3-4-9(8-10)13(17)18/h1-8,14H,(H,17,18). The van der Waals surface area contributed by atoms with E-state index in [-0.39, 0.29) is 11.1 Å². The first-order valence-corrected chi connectivity index (χ1v) is 6.03. The Morgan fingerprint density at radius 1 is 1.19 bits per heavy atom. The van der Waals surface area contributed by atoms with E-state index >= 15 is 0 Å². The third kappa shape index (κ3) is 2.70. The summed E-state index contributed by atoms with van der Waals surface area (Å²) in [6.45, 7) is 0. The second kappa shape index (κ2) is 5.49. The van der Waals surface area contributed by atoms with Crippen molar-refractivity contribution in [1.82, 2.24) is 0 Å². The lowest BCUT2D eigenvalue weighted by molar-refractivity contribution is -0.286. The number of hydrogen-bond donors (Lipinski definition) is 1. The molecule has 0 aliphatic carbocycles. The zero-order valence-corrected chi connectivity index (χ0v) is 10.6. The van der Waals surface area contributed by atoms with Crippen LogP contribution in [0.5, 0.6) is 0 Å². The SMILES string of the molecule is O=C(O)c1cccc(N2OOC(c3ccccc3F)O2)c1. The maximum Gasteiger partial charge on any atom is 0.335 e. The molecule has 1 fully saturated rings. The summed E-state index contributed by atoms with van der Waals surface area (Å²) in [5, 5.41) is 9.83. The molecule has 1 unspecified atom stereocenters. The van der Waals surface area contributed by atoms with E-state index in [0.29, 0.717) is 5.69 Å². The van der Waals surface area contributed by atoms with E-state index in [1.54, 1.807) is 18.2 Å². The van der Waals surface area contributed by atoms with Gasteiger partial charge in [0.2, 0.25) is 6.29 Å². The average molecular weight is 291 g/mol. The Morgan fingerprint density at radius 2 is 2.00 bits per heavy atom. The molecule has 0 amide bonds. The van der Waals surface area contributed by atoms with Gasteiger partial charge in [-0.25, -0.2) is 14.0 Å². The van der Waals surface area contributed by atoms with Crippen molar-refractivity contribution in [1.29, 1.82) is 0 Å². The third-order valence-corrected chi connectivity index (χ3v) is 2.85. The molecule has 0 spiro atoms. The highest BCUT2D eigenvalue weighted by Crippen LogP contribution is 2.32. The van der Waals surface area contributed by atoms with Crippen LogP contribution < -0.4 is 5.23 Å². The maximum absolute atomic E-state index is 13.6. The number of benzene rings is 2. The van der Waals surface area contributed by atoms with Crippen molar-refractivity contribution in [2.75, 3.05) is 5.23 Å². The van der Waals surface area contributed by atoms with E-state index in [9.17, 15) is 9.18 Å². The Morgan fingerprint density at radius 3 is 2.76 bits per heavy atom. The van der Waals surface area contributed by atoms with Gasteiger partial charge < -0.3 is 5.11 Å². The molecule has 1 atom stereocenters. The van der Waals surface area contributed by atoms with Gasteiger partial charge in [-0.2, -0.15) is 4.89 Å². The zero-order valence-electron chi connectivity index (χ0n) is 10.6. The minimum absolute atomic E-state index is 0.0639. The number of rotatable bonds is 3. The van der Waals surface area contributed by atoms with Crippen LogP contribution >= 0.6 is 0 Å². The maximum atomic E-state index is 13.6. The number of hydrogen-bond acceptors (Lipinski definition) is 5. The van der Waals surface area contributed by atoms with E-state index in [4.69, 9.17) is 19.8 Å². The topological polar surface area (TPSA) is 68.2 Å². The largest absolute Gasteiger partial charge is 0.478 e.